The Hall–Kier alpha value is -2.90. The minimum absolute atomic E-state index is 0.103. The van der Waals surface area contributed by atoms with Crippen molar-refractivity contribution in [2.24, 2.45) is 4.99 Å². The van der Waals surface area contributed by atoms with E-state index < -0.39 is 6.10 Å². The predicted octanol–water partition coefficient (Wildman–Crippen LogP) is 2.42. The molecule has 0 aliphatic heterocycles. The molecule has 1 amide bonds. The molecule has 1 unspecified atom stereocenters. The van der Waals surface area contributed by atoms with Crippen molar-refractivity contribution in [1.29, 1.82) is 0 Å². The number of guanidine groups is 1. The van der Waals surface area contributed by atoms with Crippen molar-refractivity contribution in [1.82, 2.24) is 16.0 Å². The lowest BCUT2D eigenvalue weighted by molar-refractivity contribution is -0.120. The summed E-state index contributed by atoms with van der Waals surface area (Å²) in [5, 5.41) is 20.4. The molecule has 146 valence electrons. The molecular formula is C21H24N4O2S. The van der Waals surface area contributed by atoms with Crippen molar-refractivity contribution >= 4 is 33.3 Å². The van der Waals surface area contributed by atoms with E-state index in [1.165, 1.54) is 0 Å². The number of aliphatic hydroxyl groups excluding tert-OH is 1. The van der Waals surface area contributed by atoms with Crippen LogP contribution in [0.25, 0.3) is 10.1 Å². The lowest BCUT2D eigenvalue weighted by Gasteiger charge is -2.14. The number of carbonyl (C=O) groups excluding carboxylic acids is 1. The Morgan fingerprint density at radius 3 is 2.57 bits per heavy atom. The molecule has 1 heterocycles. The van der Waals surface area contributed by atoms with Gasteiger partial charge in [0.2, 0.25) is 5.91 Å². The number of carbonyl (C=O) groups is 1. The fourth-order valence-corrected chi connectivity index (χ4v) is 3.75. The number of aliphatic hydroxyl groups is 1. The van der Waals surface area contributed by atoms with Gasteiger partial charge >= 0.3 is 0 Å². The maximum atomic E-state index is 12.0. The number of nitrogens with zero attached hydrogens (tertiary/aromatic N) is 1. The number of hydrogen-bond acceptors (Lipinski definition) is 4. The van der Waals surface area contributed by atoms with Gasteiger partial charge in [-0.15, -0.1) is 11.3 Å². The van der Waals surface area contributed by atoms with Gasteiger partial charge in [-0.2, -0.15) is 0 Å². The highest BCUT2D eigenvalue weighted by Crippen LogP contribution is 2.29. The highest BCUT2D eigenvalue weighted by Gasteiger charge is 2.12. The minimum Gasteiger partial charge on any atom is -0.386 e. The van der Waals surface area contributed by atoms with Crippen LogP contribution in [0.5, 0.6) is 0 Å². The summed E-state index contributed by atoms with van der Waals surface area (Å²) in [6.07, 6.45) is -0.650. The van der Waals surface area contributed by atoms with E-state index in [-0.39, 0.29) is 12.5 Å². The highest BCUT2D eigenvalue weighted by atomic mass is 32.1. The summed E-state index contributed by atoms with van der Waals surface area (Å²) >= 11 is 1.57. The van der Waals surface area contributed by atoms with Gasteiger partial charge in [-0.1, -0.05) is 48.5 Å². The zero-order valence-corrected chi connectivity index (χ0v) is 16.5. The van der Waals surface area contributed by atoms with Crippen LogP contribution in [0.4, 0.5) is 0 Å². The Bertz CT molecular complexity index is 907. The van der Waals surface area contributed by atoms with Crippen molar-refractivity contribution in [3.8, 4) is 0 Å². The first-order valence-electron chi connectivity index (χ1n) is 9.07. The third-order valence-corrected chi connectivity index (χ3v) is 5.43. The number of hydrogen-bond donors (Lipinski definition) is 4. The topological polar surface area (TPSA) is 85.8 Å². The Kier molecular flexibility index (Phi) is 7.00. The van der Waals surface area contributed by atoms with Gasteiger partial charge in [-0.25, -0.2) is 0 Å². The van der Waals surface area contributed by atoms with Gasteiger partial charge < -0.3 is 21.1 Å². The maximum absolute atomic E-state index is 12.0. The van der Waals surface area contributed by atoms with Crippen molar-refractivity contribution < 1.29 is 9.90 Å². The number of thiophene rings is 1. The van der Waals surface area contributed by atoms with Crippen LogP contribution >= 0.6 is 11.3 Å². The fraction of sp³-hybridized carbons (Fsp3) is 0.238. The SMILES string of the molecule is CN=C(NCC(=O)NCc1ccccc1)NCC(O)c1cc2ccccc2s1. The van der Waals surface area contributed by atoms with Crippen molar-refractivity contribution in [3.05, 3.63) is 71.1 Å². The van der Waals surface area contributed by atoms with Crippen LogP contribution in [0.2, 0.25) is 0 Å². The zero-order valence-electron chi connectivity index (χ0n) is 15.7. The first-order valence-corrected chi connectivity index (χ1v) is 9.89. The van der Waals surface area contributed by atoms with Crippen molar-refractivity contribution in [3.63, 3.8) is 0 Å². The second kappa shape index (κ2) is 9.87. The maximum Gasteiger partial charge on any atom is 0.239 e. The third-order valence-electron chi connectivity index (χ3n) is 4.21. The minimum atomic E-state index is -0.650. The molecule has 0 bridgehead atoms. The summed E-state index contributed by atoms with van der Waals surface area (Å²) in [4.78, 5) is 17.0. The number of benzene rings is 2. The molecule has 28 heavy (non-hydrogen) atoms. The van der Waals surface area contributed by atoms with Gasteiger partial charge in [0, 0.05) is 29.7 Å². The summed E-state index contributed by atoms with van der Waals surface area (Å²) in [7, 11) is 1.63. The van der Waals surface area contributed by atoms with Crippen LogP contribution < -0.4 is 16.0 Å². The molecule has 7 heteroatoms. The molecule has 4 N–H and O–H groups in total. The molecule has 2 aromatic carbocycles. The molecule has 0 aliphatic rings. The molecule has 0 aliphatic carbocycles. The van der Waals surface area contributed by atoms with E-state index in [0.29, 0.717) is 19.0 Å². The van der Waals surface area contributed by atoms with Gasteiger partial charge in [0.05, 0.1) is 6.54 Å². The molecule has 1 aromatic heterocycles. The smallest absolute Gasteiger partial charge is 0.239 e. The largest absolute Gasteiger partial charge is 0.386 e. The molecule has 0 fully saturated rings. The van der Waals surface area contributed by atoms with Crippen molar-refractivity contribution in [2.45, 2.75) is 12.6 Å². The lowest BCUT2D eigenvalue weighted by Crippen LogP contribution is -2.44. The van der Waals surface area contributed by atoms with E-state index in [0.717, 1.165) is 20.5 Å². The van der Waals surface area contributed by atoms with Crippen LogP contribution in [0.1, 0.15) is 16.5 Å². The van der Waals surface area contributed by atoms with Gasteiger partial charge in [-0.3, -0.25) is 9.79 Å². The van der Waals surface area contributed by atoms with Gasteiger partial charge in [-0.05, 0) is 23.1 Å². The summed E-state index contributed by atoms with van der Waals surface area (Å²) in [5.41, 5.74) is 1.05. The predicted molar refractivity (Wildman–Crippen MR) is 114 cm³/mol. The first-order chi connectivity index (χ1) is 13.7. The van der Waals surface area contributed by atoms with Crippen LogP contribution in [0.3, 0.4) is 0 Å². The van der Waals surface area contributed by atoms with Crippen LogP contribution in [0.15, 0.2) is 65.7 Å². The molecule has 1 atom stereocenters. The molecular weight excluding hydrogens is 372 g/mol. The summed E-state index contributed by atoms with van der Waals surface area (Å²) in [6, 6.07) is 19.8. The summed E-state index contributed by atoms with van der Waals surface area (Å²) < 4.78 is 1.15. The number of rotatable bonds is 7. The van der Waals surface area contributed by atoms with E-state index in [4.69, 9.17) is 0 Å². The lowest BCUT2D eigenvalue weighted by atomic mass is 10.2. The van der Waals surface area contributed by atoms with Gasteiger partial charge in [0.25, 0.3) is 0 Å². The quantitative estimate of drug-likeness (QED) is 0.365. The summed E-state index contributed by atoms with van der Waals surface area (Å²) in [5.74, 6) is 0.340. The molecule has 0 saturated carbocycles. The number of aliphatic imine (C=N–C) groups is 1. The Labute approximate surface area is 168 Å². The molecule has 6 nitrogen and oxygen atoms in total. The summed E-state index contributed by atoms with van der Waals surface area (Å²) in [6.45, 7) is 0.891. The van der Waals surface area contributed by atoms with Gasteiger partial charge in [0.15, 0.2) is 5.96 Å². The second-order valence-electron chi connectivity index (χ2n) is 6.27. The Morgan fingerprint density at radius 1 is 1.07 bits per heavy atom. The molecule has 0 saturated heterocycles. The van der Waals surface area contributed by atoms with E-state index in [1.807, 2.05) is 60.7 Å². The Balaban J connectivity index is 1.43. The number of amides is 1. The highest BCUT2D eigenvalue weighted by molar-refractivity contribution is 7.19. The van der Waals surface area contributed by atoms with E-state index in [9.17, 15) is 9.90 Å². The van der Waals surface area contributed by atoms with Crippen LogP contribution in [-0.2, 0) is 11.3 Å². The van der Waals surface area contributed by atoms with E-state index >= 15 is 0 Å². The van der Waals surface area contributed by atoms with E-state index in [2.05, 4.69) is 20.9 Å². The average Bonchev–Trinajstić information content (AvgIpc) is 3.17. The third kappa shape index (κ3) is 5.55. The van der Waals surface area contributed by atoms with Gasteiger partial charge in [0.1, 0.15) is 6.10 Å². The van der Waals surface area contributed by atoms with E-state index in [1.54, 1.807) is 18.4 Å². The average molecular weight is 397 g/mol. The molecule has 0 spiro atoms. The van der Waals surface area contributed by atoms with Crippen molar-refractivity contribution in [2.75, 3.05) is 20.1 Å². The monoisotopic (exact) mass is 396 g/mol. The normalized spacial score (nSPS) is 12.6. The first kappa shape index (κ1) is 19.9. The Morgan fingerprint density at radius 2 is 1.82 bits per heavy atom. The number of nitrogens with one attached hydrogen (secondary N) is 3. The molecule has 3 rings (SSSR count). The number of fused-ring (bicyclic) bond motifs is 1. The zero-order chi connectivity index (χ0) is 19.8. The second-order valence-corrected chi connectivity index (χ2v) is 7.39. The fourth-order valence-electron chi connectivity index (χ4n) is 2.70. The van der Waals surface area contributed by atoms with Crippen LogP contribution in [-0.4, -0.2) is 37.1 Å². The molecule has 0 radical (unpaired) electrons. The standard InChI is InChI=1S/C21H24N4O2S/c1-22-21(25-14-20(27)23-12-15-7-3-2-4-8-15)24-13-17(26)19-11-16-9-5-6-10-18(16)28-19/h2-11,17,26H,12-14H2,1H3,(H,23,27)(H2,22,24,25). The van der Waals surface area contributed by atoms with Crippen LogP contribution in [0, 0.1) is 0 Å². The molecule has 3 aromatic rings.